The van der Waals surface area contributed by atoms with E-state index in [4.69, 9.17) is 33.8 Å². The van der Waals surface area contributed by atoms with Crippen molar-refractivity contribution >= 4 is 5.97 Å². The van der Waals surface area contributed by atoms with Crippen molar-refractivity contribution in [1.82, 2.24) is 0 Å². The average Bonchev–Trinajstić information content (AvgIpc) is 2.99. The molecule has 0 amide bonds. The fourth-order valence-corrected chi connectivity index (χ4v) is 5.99. The molecular weight excluding hydrogens is 416 g/mol. The number of fused-ring (bicyclic) bond motifs is 2. The van der Waals surface area contributed by atoms with E-state index >= 15 is 0 Å². The first-order chi connectivity index (χ1) is 15.2. The van der Waals surface area contributed by atoms with E-state index in [9.17, 15) is 4.79 Å². The zero-order valence-corrected chi connectivity index (χ0v) is 19.0. The number of ether oxygens (including phenoxy) is 4. The van der Waals surface area contributed by atoms with Gasteiger partial charge < -0.3 is 24.1 Å². The standard InChI is InChI=1S/C24H32O8/c1-13-5-10-19-14(2)21(28-17-8-6-16(7-9-17)27-15(3)20(25)26)29-22-24(19)18(13)11-12-23(4,30-22)31-32-24/h6-9,13-15,18-19,21-22H,5,10-12H2,1-4H3,(H,25,26)/t13-,14-,15?,18?,19?,21+,22-,23+,24-/m1/s1. The van der Waals surface area contributed by atoms with Gasteiger partial charge >= 0.3 is 5.97 Å². The Morgan fingerprint density at radius 2 is 1.81 bits per heavy atom. The number of aliphatic carboxylic acids is 1. The molecule has 8 heteroatoms. The van der Waals surface area contributed by atoms with E-state index < -0.39 is 36.0 Å². The van der Waals surface area contributed by atoms with Gasteiger partial charge in [-0.2, -0.15) is 0 Å². The number of hydrogen-bond acceptors (Lipinski definition) is 7. The van der Waals surface area contributed by atoms with Crippen molar-refractivity contribution in [2.75, 3.05) is 0 Å². The summed E-state index contributed by atoms with van der Waals surface area (Å²) in [6.07, 6.45) is 1.92. The zero-order chi connectivity index (χ0) is 22.7. The summed E-state index contributed by atoms with van der Waals surface area (Å²) in [5.74, 6) is 0.339. The molecule has 1 saturated carbocycles. The highest BCUT2D eigenvalue weighted by Crippen LogP contribution is 2.60. The van der Waals surface area contributed by atoms with E-state index in [2.05, 4.69) is 13.8 Å². The minimum atomic E-state index is -1.01. The Morgan fingerprint density at radius 3 is 2.53 bits per heavy atom. The molecule has 5 fully saturated rings. The van der Waals surface area contributed by atoms with Gasteiger partial charge in [0.15, 0.2) is 18.0 Å². The number of carbonyl (C=O) groups is 1. The van der Waals surface area contributed by atoms with Crippen LogP contribution in [-0.4, -0.2) is 41.1 Å². The molecule has 1 aromatic carbocycles. The molecule has 4 saturated heterocycles. The highest BCUT2D eigenvalue weighted by Gasteiger charge is 2.69. The first-order valence-corrected chi connectivity index (χ1v) is 11.6. The van der Waals surface area contributed by atoms with Gasteiger partial charge in [-0.15, -0.1) is 0 Å². The normalized spacial score (nSPS) is 43.6. The Morgan fingerprint density at radius 1 is 1.09 bits per heavy atom. The molecule has 1 aromatic rings. The predicted octanol–water partition coefficient (Wildman–Crippen LogP) is 4.13. The molecule has 4 heterocycles. The van der Waals surface area contributed by atoms with Crippen LogP contribution in [0.5, 0.6) is 11.5 Å². The van der Waals surface area contributed by atoms with E-state index in [1.165, 1.54) is 6.92 Å². The second-order valence-corrected chi connectivity index (χ2v) is 9.96. The number of benzene rings is 1. The minimum Gasteiger partial charge on any atom is -0.479 e. The smallest absolute Gasteiger partial charge is 0.344 e. The average molecular weight is 449 g/mol. The Labute approximate surface area is 188 Å². The summed E-state index contributed by atoms with van der Waals surface area (Å²) in [6.45, 7) is 7.83. The third-order valence-electron chi connectivity index (χ3n) is 7.83. The fourth-order valence-electron chi connectivity index (χ4n) is 5.99. The van der Waals surface area contributed by atoms with Gasteiger partial charge in [0, 0.05) is 18.3 Å². The molecule has 0 aromatic heterocycles. The van der Waals surface area contributed by atoms with Crippen molar-refractivity contribution in [3.63, 3.8) is 0 Å². The molecule has 2 bridgehead atoms. The maximum Gasteiger partial charge on any atom is 0.344 e. The number of hydrogen-bond donors (Lipinski definition) is 1. The minimum absolute atomic E-state index is 0.0684. The van der Waals surface area contributed by atoms with Crippen LogP contribution in [-0.2, 0) is 24.0 Å². The lowest BCUT2D eigenvalue weighted by Crippen LogP contribution is -2.70. The van der Waals surface area contributed by atoms with Gasteiger partial charge in [-0.1, -0.05) is 13.8 Å². The van der Waals surface area contributed by atoms with Gasteiger partial charge in [0.05, 0.1) is 0 Å². The lowest BCUT2D eigenvalue weighted by molar-refractivity contribution is -0.575. The second kappa shape index (κ2) is 7.87. The molecule has 4 aliphatic heterocycles. The summed E-state index contributed by atoms with van der Waals surface area (Å²) in [5, 5.41) is 9.01. The summed E-state index contributed by atoms with van der Waals surface area (Å²) < 4.78 is 24.4. The van der Waals surface area contributed by atoms with Gasteiger partial charge in [-0.25, -0.2) is 14.6 Å². The topological polar surface area (TPSA) is 92.7 Å². The van der Waals surface area contributed by atoms with Crippen molar-refractivity contribution < 1.29 is 38.6 Å². The van der Waals surface area contributed by atoms with Crippen molar-refractivity contribution in [3.8, 4) is 11.5 Å². The van der Waals surface area contributed by atoms with Gasteiger partial charge in [0.1, 0.15) is 11.5 Å². The molecule has 1 spiro atoms. The van der Waals surface area contributed by atoms with Crippen LogP contribution >= 0.6 is 0 Å². The van der Waals surface area contributed by atoms with Crippen molar-refractivity contribution in [3.05, 3.63) is 24.3 Å². The van der Waals surface area contributed by atoms with Crippen LogP contribution in [0, 0.1) is 23.7 Å². The number of carboxylic acids is 1. The van der Waals surface area contributed by atoms with Gasteiger partial charge in [-0.3, -0.25) is 0 Å². The van der Waals surface area contributed by atoms with Crippen LogP contribution < -0.4 is 9.47 Å². The van der Waals surface area contributed by atoms with Crippen molar-refractivity contribution in [2.24, 2.45) is 23.7 Å². The van der Waals surface area contributed by atoms with Crippen LogP contribution in [0.4, 0.5) is 0 Å². The van der Waals surface area contributed by atoms with Gasteiger partial charge in [0.25, 0.3) is 0 Å². The maximum absolute atomic E-state index is 11.0. The number of carboxylic acid groups (broad SMARTS) is 1. The highest BCUT2D eigenvalue weighted by atomic mass is 17.3. The lowest BCUT2D eigenvalue weighted by Gasteiger charge is -2.60. The molecule has 8 nitrogen and oxygen atoms in total. The lowest BCUT2D eigenvalue weighted by atomic mass is 9.58. The number of rotatable bonds is 5. The third-order valence-corrected chi connectivity index (χ3v) is 7.83. The first-order valence-electron chi connectivity index (χ1n) is 11.6. The molecule has 6 rings (SSSR count). The van der Waals surface area contributed by atoms with E-state index in [0.717, 1.165) is 25.7 Å². The summed E-state index contributed by atoms with van der Waals surface area (Å²) in [4.78, 5) is 23.0. The summed E-state index contributed by atoms with van der Waals surface area (Å²) in [7, 11) is 0. The molecule has 9 atom stereocenters. The molecule has 5 aliphatic rings. The Kier molecular flexibility index (Phi) is 5.40. The van der Waals surface area contributed by atoms with Crippen LogP contribution in [0.2, 0.25) is 0 Å². The van der Waals surface area contributed by atoms with Crippen LogP contribution in [0.15, 0.2) is 24.3 Å². The zero-order valence-electron chi connectivity index (χ0n) is 19.0. The van der Waals surface area contributed by atoms with E-state index in [1.54, 1.807) is 24.3 Å². The second-order valence-electron chi connectivity index (χ2n) is 9.96. The largest absolute Gasteiger partial charge is 0.479 e. The monoisotopic (exact) mass is 448 g/mol. The molecule has 3 unspecified atom stereocenters. The summed E-state index contributed by atoms with van der Waals surface area (Å²) >= 11 is 0. The van der Waals surface area contributed by atoms with Crippen molar-refractivity contribution in [1.29, 1.82) is 0 Å². The highest BCUT2D eigenvalue weighted by molar-refractivity contribution is 5.72. The van der Waals surface area contributed by atoms with Crippen LogP contribution in [0.1, 0.15) is 53.4 Å². The maximum atomic E-state index is 11.0. The Hall–Kier alpha value is -1.87. The molecule has 0 radical (unpaired) electrons. The van der Waals surface area contributed by atoms with Gasteiger partial charge in [-0.05, 0) is 69.2 Å². The quantitative estimate of drug-likeness (QED) is 0.673. The van der Waals surface area contributed by atoms with E-state index in [-0.39, 0.29) is 11.8 Å². The van der Waals surface area contributed by atoms with Gasteiger partial charge in [0.2, 0.25) is 12.1 Å². The predicted molar refractivity (Wildman–Crippen MR) is 112 cm³/mol. The fraction of sp³-hybridized carbons (Fsp3) is 0.708. The SMILES string of the molecule is CC(Oc1ccc(O[C@H]2O[C@@H]3O[C@]4(C)CCC5[C@H](C)CCC([C@H]2C)[C@]53OO4)cc1)C(=O)O. The molecule has 32 heavy (non-hydrogen) atoms. The molecule has 176 valence electrons. The van der Waals surface area contributed by atoms with E-state index in [0.29, 0.717) is 23.3 Å². The van der Waals surface area contributed by atoms with Crippen LogP contribution in [0.25, 0.3) is 0 Å². The Bertz CT molecular complexity index is 858. The van der Waals surface area contributed by atoms with Crippen LogP contribution in [0.3, 0.4) is 0 Å². The van der Waals surface area contributed by atoms with Crippen molar-refractivity contribution in [2.45, 2.75) is 83.5 Å². The molecule has 1 aliphatic carbocycles. The molecular formula is C24H32O8. The molecule has 1 N–H and O–H groups in total. The summed E-state index contributed by atoms with van der Waals surface area (Å²) in [5.41, 5.74) is -0.613. The first kappa shape index (κ1) is 21.9. The third kappa shape index (κ3) is 3.48. The van der Waals surface area contributed by atoms with E-state index in [1.807, 2.05) is 6.92 Å². The Balaban J connectivity index is 1.36. The summed E-state index contributed by atoms with van der Waals surface area (Å²) in [6, 6.07) is 6.92.